The summed E-state index contributed by atoms with van der Waals surface area (Å²) in [7, 11) is 0. The van der Waals surface area contributed by atoms with Gasteiger partial charge >= 0.3 is 0 Å². The number of aryl methyl sites for hydroxylation is 1. The van der Waals surface area contributed by atoms with E-state index in [0.717, 1.165) is 42.3 Å². The standard InChI is InChI=1S/C21H21N3O/c25-21(15-7-9-19-16(12-15)13-22-23-19)24-11-3-6-18-17-5-2-1-4-14(17)8-10-20(18)24/h1-2,4-5,7,9,12-13,18,20H,3,6,8,10-11H2,(H,22,23)/t18-,20+/m0/s1. The molecule has 1 amide bonds. The molecule has 2 aromatic carbocycles. The molecule has 0 saturated carbocycles. The van der Waals surface area contributed by atoms with Gasteiger partial charge in [-0.05, 0) is 55.0 Å². The molecule has 1 fully saturated rings. The third-order valence-corrected chi connectivity index (χ3v) is 5.89. The highest BCUT2D eigenvalue weighted by molar-refractivity contribution is 5.98. The first-order valence-electron chi connectivity index (χ1n) is 9.13. The SMILES string of the molecule is O=C(c1ccc2[nH]ncc2c1)N1CCC[C@H]2c3ccccc3CC[C@H]21. The van der Waals surface area contributed by atoms with E-state index in [1.54, 1.807) is 6.20 Å². The maximum atomic E-state index is 13.2. The topological polar surface area (TPSA) is 49.0 Å². The van der Waals surface area contributed by atoms with E-state index in [1.807, 2.05) is 18.2 Å². The van der Waals surface area contributed by atoms with Crippen LogP contribution in [0, 0.1) is 0 Å². The fourth-order valence-electron chi connectivity index (χ4n) is 4.70. The van der Waals surface area contributed by atoms with Crippen LogP contribution in [-0.4, -0.2) is 33.6 Å². The Bertz CT molecular complexity index is 945. The molecule has 0 unspecified atom stereocenters. The number of benzene rings is 2. The summed E-state index contributed by atoms with van der Waals surface area (Å²) in [6.45, 7) is 0.867. The van der Waals surface area contributed by atoms with Crippen LogP contribution in [-0.2, 0) is 6.42 Å². The molecule has 2 atom stereocenters. The first-order chi connectivity index (χ1) is 12.3. The Hall–Kier alpha value is -2.62. The molecule has 126 valence electrons. The molecule has 0 bridgehead atoms. The highest BCUT2D eigenvalue weighted by Crippen LogP contribution is 2.41. The van der Waals surface area contributed by atoms with E-state index in [0.29, 0.717) is 12.0 Å². The molecule has 1 aliphatic carbocycles. The number of carbonyl (C=O) groups excluding carboxylic acids is 1. The van der Waals surface area contributed by atoms with Gasteiger partial charge in [-0.15, -0.1) is 0 Å². The minimum absolute atomic E-state index is 0.164. The molecule has 4 nitrogen and oxygen atoms in total. The van der Waals surface area contributed by atoms with Gasteiger partial charge in [-0.2, -0.15) is 5.10 Å². The van der Waals surface area contributed by atoms with Crippen molar-refractivity contribution in [1.82, 2.24) is 15.1 Å². The average molecular weight is 331 g/mol. The van der Waals surface area contributed by atoms with E-state index in [1.165, 1.54) is 17.5 Å². The van der Waals surface area contributed by atoms with Gasteiger partial charge in [0.1, 0.15) is 0 Å². The predicted octanol–water partition coefficient (Wildman–Crippen LogP) is 3.90. The molecule has 4 heteroatoms. The third-order valence-electron chi connectivity index (χ3n) is 5.89. The van der Waals surface area contributed by atoms with E-state index in [-0.39, 0.29) is 5.91 Å². The summed E-state index contributed by atoms with van der Waals surface area (Å²) in [6, 6.07) is 14.9. The van der Waals surface area contributed by atoms with Crippen LogP contribution in [0.1, 0.15) is 46.7 Å². The molecule has 3 aromatic rings. The number of aromatic amines is 1. The van der Waals surface area contributed by atoms with Crippen molar-refractivity contribution in [3.63, 3.8) is 0 Å². The monoisotopic (exact) mass is 331 g/mol. The van der Waals surface area contributed by atoms with Gasteiger partial charge in [0.2, 0.25) is 0 Å². The van der Waals surface area contributed by atoms with E-state index < -0.39 is 0 Å². The Morgan fingerprint density at radius 2 is 2.08 bits per heavy atom. The second-order valence-electron chi connectivity index (χ2n) is 7.22. The molecule has 5 rings (SSSR count). The number of nitrogens with zero attached hydrogens (tertiary/aromatic N) is 2. The molecule has 2 heterocycles. The molecule has 1 saturated heterocycles. The molecule has 0 radical (unpaired) electrons. The van der Waals surface area contributed by atoms with Crippen LogP contribution >= 0.6 is 0 Å². The summed E-state index contributed by atoms with van der Waals surface area (Å²) >= 11 is 0. The van der Waals surface area contributed by atoms with Crippen LogP contribution in [0.15, 0.2) is 48.7 Å². The largest absolute Gasteiger partial charge is 0.335 e. The summed E-state index contributed by atoms with van der Waals surface area (Å²) in [5.41, 5.74) is 4.67. The Kier molecular flexibility index (Phi) is 3.37. The summed E-state index contributed by atoms with van der Waals surface area (Å²) in [4.78, 5) is 15.4. The summed E-state index contributed by atoms with van der Waals surface area (Å²) in [6.07, 6.45) is 6.19. The summed E-state index contributed by atoms with van der Waals surface area (Å²) in [5, 5.41) is 8.00. The number of hydrogen-bond acceptors (Lipinski definition) is 2. The third kappa shape index (κ3) is 2.36. The zero-order valence-electron chi connectivity index (χ0n) is 14.1. The van der Waals surface area contributed by atoms with E-state index in [2.05, 4.69) is 39.4 Å². The number of piperidine rings is 1. The fourth-order valence-corrected chi connectivity index (χ4v) is 4.70. The molecule has 2 aliphatic rings. The zero-order chi connectivity index (χ0) is 16.8. The number of H-pyrrole nitrogens is 1. The van der Waals surface area contributed by atoms with Crippen molar-refractivity contribution in [2.75, 3.05) is 6.54 Å². The van der Waals surface area contributed by atoms with Crippen LogP contribution in [0.25, 0.3) is 10.9 Å². The lowest BCUT2D eigenvalue weighted by Gasteiger charge is -2.45. The quantitative estimate of drug-likeness (QED) is 0.735. The first kappa shape index (κ1) is 14.7. The van der Waals surface area contributed by atoms with Crippen molar-refractivity contribution in [2.45, 2.75) is 37.6 Å². The maximum Gasteiger partial charge on any atom is 0.254 e. The number of rotatable bonds is 1. The summed E-state index contributed by atoms with van der Waals surface area (Å²) in [5.74, 6) is 0.650. The number of likely N-dealkylation sites (tertiary alicyclic amines) is 1. The van der Waals surface area contributed by atoms with Gasteiger partial charge in [0.25, 0.3) is 5.91 Å². The van der Waals surface area contributed by atoms with Crippen LogP contribution < -0.4 is 0 Å². The van der Waals surface area contributed by atoms with Gasteiger partial charge in [0.15, 0.2) is 0 Å². The van der Waals surface area contributed by atoms with Gasteiger partial charge in [0, 0.05) is 29.5 Å². The van der Waals surface area contributed by atoms with Crippen molar-refractivity contribution >= 4 is 16.8 Å². The van der Waals surface area contributed by atoms with Crippen LogP contribution in [0.2, 0.25) is 0 Å². The second kappa shape index (κ2) is 5.73. The lowest BCUT2D eigenvalue weighted by molar-refractivity contribution is 0.0547. The van der Waals surface area contributed by atoms with Crippen LogP contribution in [0.4, 0.5) is 0 Å². The van der Waals surface area contributed by atoms with Gasteiger partial charge in [-0.1, -0.05) is 24.3 Å². The minimum Gasteiger partial charge on any atom is -0.335 e. The Morgan fingerprint density at radius 1 is 1.16 bits per heavy atom. The lowest BCUT2D eigenvalue weighted by Crippen LogP contribution is -2.49. The van der Waals surface area contributed by atoms with Gasteiger partial charge < -0.3 is 4.90 Å². The van der Waals surface area contributed by atoms with E-state index >= 15 is 0 Å². The number of amides is 1. The highest BCUT2D eigenvalue weighted by Gasteiger charge is 2.38. The van der Waals surface area contributed by atoms with E-state index in [4.69, 9.17) is 0 Å². The molecule has 25 heavy (non-hydrogen) atoms. The summed E-state index contributed by atoms with van der Waals surface area (Å²) < 4.78 is 0. The normalized spacial score (nSPS) is 22.5. The van der Waals surface area contributed by atoms with Crippen molar-refractivity contribution in [3.8, 4) is 0 Å². The average Bonchev–Trinajstić information content (AvgIpc) is 3.14. The Morgan fingerprint density at radius 3 is 3.04 bits per heavy atom. The molecule has 1 aliphatic heterocycles. The van der Waals surface area contributed by atoms with Crippen molar-refractivity contribution in [1.29, 1.82) is 0 Å². The second-order valence-corrected chi connectivity index (χ2v) is 7.22. The van der Waals surface area contributed by atoms with Crippen LogP contribution in [0.5, 0.6) is 0 Å². The molecule has 1 aromatic heterocycles. The number of carbonyl (C=O) groups is 1. The van der Waals surface area contributed by atoms with Crippen molar-refractivity contribution in [2.24, 2.45) is 0 Å². The lowest BCUT2D eigenvalue weighted by atomic mass is 9.74. The molecule has 1 N–H and O–H groups in total. The van der Waals surface area contributed by atoms with Crippen molar-refractivity contribution < 1.29 is 4.79 Å². The fraction of sp³-hybridized carbons (Fsp3) is 0.333. The number of nitrogens with one attached hydrogen (secondary N) is 1. The number of aromatic nitrogens is 2. The highest BCUT2D eigenvalue weighted by atomic mass is 16.2. The molecular formula is C21H21N3O. The minimum atomic E-state index is 0.164. The smallest absolute Gasteiger partial charge is 0.254 e. The van der Waals surface area contributed by atoms with E-state index in [9.17, 15) is 4.79 Å². The van der Waals surface area contributed by atoms with Gasteiger partial charge in [-0.3, -0.25) is 9.89 Å². The van der Waals surface area contributed by atoms with Crippen molar-refractivity contribution in [3.05, 3.63) is 65.4 Å². The van der Waals surface area contributed by atoms with Crippen LogP contribution in [0.3, 0.4) is 0 Å². The number of fused-ring (bicyclic) bond motifs is 4. The zero-order valence-corrected chi connectivity index (χ0v) is 14.1. The Balaban J connectivity index is 1.48. The molecular weight excluding hydrogens is 310 g/mol. The Labute approximate surface area is 146 Å². The molecule has 0 spiro atoms. The number of hydrogen-bond donors (Lipinski definition) is 1. The predicted molar refractivity (Wildman–Crippen MR) is 97.7 cm³/mol. The van der Waals surface area contributed by atoms with Gasteiger partial charge in [0.05, 0.1) is 11.7 Å². The first-order valence-corrected chi connectivity index (χ1v) is 9.13. The van der Waals surface area contributed by atoms with Gasteiger partial charge in [-0.25, -0.2) is 0 Å². The maximum absolute atomic E-state index is 13.2.